The van der Waals surface area contributed by atoms with Gasteiger partial charge in [-0.15, -0.1) is 0 Å². The van der Waals surface area contributed by atoms with Crippen LogP contribution < -0.4 is 23.7 Å². The number of rotatable bonds is 7. The van der Waals surface area contributed by atoms with Crippen LogP contribution in [0.3, 0.4) is 0 Å². The SMILES string of the molecule is COc1ccc(C2Cc3cc(OC)cc(OC)c3[C@@H]2c2cc(OC)cc(OC)c2)cc1. The first kappa shape index (κ1) is 20.9. The van der Waals surface area contributed by atoms with Gasteiger partial charge in [0.05, 0.1) is 35.5 Å². The summed E-state index contributed by atoms with van der Waals surface area (Å²) in [4.78, 5) is 0. The number of fused-ring (bicyclic) bond motifs is 1. The molecule has 3 aromatic carbocycles. The summed E-state index contributed by atoms with van der Waals surface area (Å²) < 4.78 is 27.8. The summed E-state index contributed by atoms with van der Waals surface area (Å²) in [7, 11) is 8.42. The number of hydrogen-bond donors (Lipinski definition) is 0. The van der Waals surface area contributed by atoms with Crippen LogP contribution in [0.1, 0.15) is 34.1 Å². The van der Waals surface area contributed by atoms with Gasteiger partial charge in [-0.1, -0.05) is 12.1 Å². The zero-order chi connectivity index (χ0) is 22.0. The van der Waals surface area contributed by atoms with E-state index in [9.17, 15) is 0 Å². The second-order valence-electron chi connectivity index (χ2n) is 7.61. The molecule has 0 saturated carbocycles. The van der Waals surface area contributed by atoms with Gasteiger partial charge in [-0.2, -0.15) is 0 Å². The third kappa shape index (κ3) is 3.88. The molecule has 1 aliphatic carbocycles. The maximum atomic E-state index is 5.82. The zero-order valence-electron chi connectivity index (χ0n) is 18.6. The van der Waals surface area contributed by atoms with Crippen LogP contribution in [0, 0.1) is 0 Å². The van der Waals surface area contributed by atoms with Crippen LogP contribution in [-0.2, 0) is 6.42 Å². The fourth-order valence-corrected chi connectivity index (χ4v) is 4.59. The average Bonchev–Trinajstić information content (AvgIpc) is 3.22. The molecule has 0 amide bonds. The molecule has 3 aromatic rings. The van der Waals surface area contributed by atoms with Crippen LogP contribution in [0.2, 0.25) is 0 Å². The van der Waals surface area contributed by atoms with Crippen LogP contribution in [0.4, 0.5) is 0 Å². The highest BCUT2D eigenvalue weighted by Gasteiger charge is 2.38. The van der Waals surface area contributed by atoms with E-state index >= 15 is 0 Å². The Kier molecular flexibility index (Phi) is 5.94. The summed E-state index contributed by atoms with van der Waals surface area (Å²) in [6.45, 7) is 0. The molecule has 5 nitrogen and oxygen atoms in total. The summed E-state index contributed by atoms with van der Waals surface area (Å²) in [5, 5.41) is 0. The minimum absolute atomic E-state index is 0.0771. The van der Waals surface area contributed by atoms with Gasteiger partial charge in [-0.05, 0) is 59.4 Å². The normalized spacial score (nSPS) is 17.1. The summed E-state index contributed by atoms with van der Waals surface area (Å²) >= 11 is 0. The van der Waals surface area contributed by atoms with Crippen molar-refractivity contribution in [3.63, 3.8) is 0 Å². The Bertz CT molecular complexity index is 1040. The fraction of sp³-hybridized carbons (Fsp3) is 0.308. The van der Waals surface area contributed by atoms with E-state index in [1.165, 1.54) is 16.7 Å². The number of methoxy groups -OCH3 is 5. The third-order valence-electron chi connectivity index (χ3n) is 6.09. The van der Waals surface area contributed by atoms with Gasteiger partial charge in [-0.3, -0.25) is 0 Å². The van der Waals surface area contributed by atoms with Crippen LogP contribution in [0.5, 0.6) is 28.7 Å². The van der Waals surface area contributed by atoms with E-state index < -0.39 is 0 Å². The first-order chi connectivity index (χ1) is 15.1. The standard InChI is InChI=1S/C26H28O5/c1-27-19-8-6-16(7-9-19)23-13-18-12-22(30-4)15-24(31-5)26(18)25(23)17-10-20(28-2)14-21(11-17)29-3/h6-12,14-15,23,25H,13H2,1-5H3/t23?,25-/m1/s1. The minimum atomic E-state index is 0.0771. The highest BCUT2D eigenvalue weighted by atomic mass is 16.5. The lowest BCUT2D eigenvalue weighted by molar-refractivity contribution is 0.388. The highest BCUT2D eigenvalue weighted by molar-refractivity contribution is 5.59. The van der Waals surface area contributed by atoms with Gasteiger partial charge in [0.25, 0.3) is 0 Å². The van der Waals surface area contributed by atoms with Crippen molar-refractivity contribution >= 4 is 0 Å². The van der Waals surface area contributed by atoms with Crippen molar-refractivity contribution < 1.29 is 23.7 Å². The van der Waals surface area contributed by atoms with E-state index in [-0.39, 0.29) is 11.8 Å². The van der Waals surface area contributed by atoms with Crippen molar-refractivity contribution in [3.8, 4) is 28.7 Å². The molecule has 4 rings (SSSR count). The van der Waals surface area contributed by atoms with Crippen molar-refractivity contribution in [2.75, 3.05) is 35.5 Å². The van der Waals surface area contributed by atoms with Crippen molar-refractivity contribution in [1.82, 2.24) is 0 Å². The topological polar surface area (TPSA) is 46.2 Å². The molecule has 0 saturated heterocycles. The molecule has 5 heteroatoms. The smallest absolute Gasteiger partial charge is 0.126 e. The summed E-state index contributed by atoms with van der Waals surface area (Å²) in [5.41, 5.74) is 4.77. The van der Waals surface area contributed by atoms with Crippen LogP contribution >= 0.6 is 0 Å². The summed E-state index contributed by atoms with van der Waals surface area (Å²) in [5.74, 6) is 4.31. The molecule has 0 fully saturated rings. The van der Waals surface area contributed by atoms with Gasteiger partial charge in [0.1, 0.15) is 28.7 Å². The lowest BCUT2D eigenvalue weighted by atomic mass is 9.81. The Labute approximate surface area is 183 Å². The second-order valence-corrected chi connectivity index (χ2v) is 7.61. The van der Waals surface area contributed by atoms with Crippen molar-refractivity contribution in [2.24, 2.45) is 0 Å². The molecule has 2 atom stereocenters. The van der Waals surface area contributed by atoms with Gasteiger partial charge in [-0.25, -0.2) is 0 Å². The predicted molar refractivity (Wildman–Crippen MR) is 120 cm³/mol. The van der Waals surface area contributed by atoms with Gasteiger partial charge in [0, 0.05) is 23.6 Å². The van der Waals surface area contributed by atoms with Gasteiger partial charge < -0.3 is 23.7 Å². The molecular weight excluding hydrogens is 392 g/mol. The number of benzene rings is 3. The Morgan fingerprint density at radius 1 is 0.581 bits per heavy atom. The van der Waals surface area contributed by atoms with E-state index in [0.717, 1.165) is 40.7 Å². The lowest BCUT2D eigenvalue weighted by Gasteiger charge is -2.24. The van der Waals surface area contributed by atoms with E-state index in [1.54, 1.807) is 35.5 Å². The first-order valence-corrected chi connectivity index (χ1v) is 10.2. The Morgan fingerprint density at radius 2 is 1.16 bits per heavy atom. The average molecular weight is 421 g/mol. The van der Waals surface area contributed by atoms with E-state index in [0.29, 0.717) is 0 Å². The van der Waals surface area contributed by atoms with Gasteiger partial charge in [0.15, 0.2) is 0 Å². The van der Waals surface area contributed by atoms with E-state index in [4.69, 9.17) is 23.7 Å². The van der Waals surface area contributed by atoms with Crippen molar-refractivity contribution in [3.05, 3.63) is 76.9 Å². The van der Waals surface area contributed by atoms with E-state index in [2.05, 4.69) is 30.3 Å². The zero-order valence-corrected chi connectivity index (χ0v) is 18.6. The molecule has 0 aromatic heterocycles. The summed E-state index contributed by atoms with van der Waals surface area (Å²) in [6.07, 6.45) is 0.874. The largest absolute Gasteiger partial charge is 0.497 e. The molecule has 1 aliphatic rings. The Balaban J connectivity index is 1.91. The maximum absolute atomic E-state index is 5.82. The molecule has 0 aliphatic heterocycles. The van der Waals surface area contributed by atoms with Crippen LogP contribution in [-0.4, -0.2) is 35.5 Å². The maximum Gasteiger partial charge on any atom is 0.126 e. The molecule has 31 heavy (non-hydrogen) atoms. The predicted octanol–water partition coefficient (Wildman–Crippen LogP) is 5.20. The van der Waals surface area contributed by atoms with Crippen molar-refractivity contribution in [1.29, 1.82) is 0 Å². The molecule has 0 N–H and O–H groups in total. The Morgan fingerprint density at radius 3 is 1.71 bits per heavy atom. The van der Waals surface area contributed by atoms with Crippen LogP contribution in [0.25, 0.3) is 0 Å². The lowest BCUT2D eigenvalue weighted by Crippen LogP contribution is -2.09. The van der Waals surface area contributed by atoms with Gasteiger partial charge in [0.2, 0.25) is 0 Å². The van der Waals surface area contributed by atoms with Crippen LogP contribution in [0.15, 0.2) is 54.6 Å². The second kappa shape index (κ2) is 8.80. The molecule has 1 unspecified atom stereocenters. The fourth-order valence-electron chi connectivity index (χ4n) is 4.59. The molecule has 0 bridgehead atoms. The van der Waals surface area contributed by atoms with E-state index in [1.807, 2.05) is 24.3 Å². The van der Waals surface area contributed by atoms with Gasteiger partial charge >= 0.3 is 0 Å². The molecule has 0 spiro atoms. The quantitative estimate of drug-likeness (QED) is 0.526. The first-order valence-electron chi connectivity index (χ1n) is 10.2. The summed E-state index contributed by atoms with van der Waals surface area (Å²) in [6, 6.07) is 18.5. The third-order valence-corrected chi connectivity index (χ3v) is 6.09. The monoisotopic (exact) mass is 420 g/mol. The molecule has 162 valence electrons. The number of hydrogen-bond acceptors (Lipinski definition) is 5. The minimum Gasteiger partial charge on any atom is -0.497 e. The molecular formula is C26H28O5. The van der Waals surface area contributed by atoms with Crippen molar-refractivity contribution in [2.45, 2.75) is 18.3 Å². The molecule has 0 radical (unpaired) electrons. The highest BCUT2D eigenvalue weighted by Crippen LogP contribution is 2.53. The molecule has 0 heterocycles. The Hall–Kier alpha value is -3.34. The number of ether oxygens (including phenoxy) is 5.